The first-order valence-electron chi connectivity index (χ1n) is 10.3. The summed E-state index contributed by atoms with van der Waals surface area (Å²) in [6.07, 6.45) is 4.73. The predicted molar refractivity (Wildman–Crippen MR) is 119 cm³/mol. The minimum atomic E-state index is -0.267. The van der Waals surface area contributed by atoms with Gasteiger partial charge in [-0.15, -0.1) is 0 Å². The summed E-state index contributed by atoms with van der Waals surface area (Å²) in [5.74, 6) is -0.267. The molecular formula is C23H29BrFN3O. The van der Waals surface area contributed by atoms with Crippen LogP contribution >= 0.6 is 15.9 Å². The van der Waals surface area contributed by atoms with Crippen molar-refractivity contribution in [1.82, 2.24) is 9.80 Å². The van der Waals surface area contributed by atoms with E-state index in [9.17, 15) is 9.18 Å². The van der Waals surface area contributed by atoms with Crippen molar-refractivity contribution in [3.05, 3.63) is 64.4 Å². The summed E-state index contributed by atoms with van der Waals surface area (Å²) in [5.41, 5.74) is 1.66. The second-order valence-corrected chi connectivity index (χ2v) is 8.55. The van der Waals surface area contributed by atoms with E-state index >= 15 is 0 Å². The number of para-hydroxylation sites is 1. The fourth-order valence-corrected chi connectivity index (χ4v) is 4.16. The van der Waals surface area contributed by atoms with Gasteiger partial charge in [-0.05, 0) is 78.5 Å². The van der Waals surface area contributed by atoms with E-state index in [0.717, 1.165) is 35.2 Å². The number of halogens is 2. The molecular weight excluding hydrogens is 433 g/mol. The van der Waals surface area contributed by atoms with Gasteiger partial charge in [-0.1, -0.05) is 30.7 Å². The Kier molecular flexibility index (Phi) is 8.07. The molecule has 0 aliphatic carbocycles. The van der Waals surface area contributed by atoms with E-state index < -0.39 is 0 Å². The number of hydrogen-bond acceptors (Lipinski definition) is 2. The topological polar surface area (TPSA) is 35.6 Å². The van der Waals surface area contributed by atoms with E-state index in [0.29, 0.717) is 19.1 Å². The minimum Gasteiger partial charge on any atom is -0.320 e. The van der Waals surface area contributed by atoms with Crippen molar-refractivity contribution in [3.8, 4) is 0 Å². The number of hydrogen-bond donors (Lipinski definition) is 1. The molecule has 0 bridgehead atoms. The van der Waals surface area contributed by atoms with Crippen molar-refractivity contribution in [2.45, 2.75) is 45.2 Å². The largest absolute Gasteiger partial charge is 0.322 e. The summed E-state index contributed by atoms with van der Waals surface area (Å²) in [7, 11) is 0. The van der Waals surface area contributed by atoms with Gasteiger partial charge in [-0.25, -0.2) is 9.18 Å². The summed E-state index contributed by atoms with van der Waals surface area (Å²) in [6, 6.07) is 14.4. The number of benzene rings is 2. The highest BCUT2D eigenvalue weighted by Gasteiger charge is 2.19. The summed E-state index contributed by atoms with van der Waals surface area (Å²) in [6.45, 7) is 5.52. The quantitative estimate of drug-likeness (QED) is 0.557. The number of nitrogens with one attached hydrogen (secondary N) is 1. The molecule has 2 aromatic rings. The number of nitrogens with zero attached hydrogens (tertiary/aromatic N) is 2. The van der Waals surface area contributed by atoms with Crippen LogP contribution in [0.15, 0.2) is 53.0 Å². The van der Waals surface area contributed by atoms with E-state index in [1.807, 2.05) is 24.3 Å². The van der Waals surface area contributed by atoms with Gasteiger partial charge in [0.25, 0.3) is 0 Å². The normalized spacial score (nSPS) is 17.1. The number of urea groups is 1. The van der Waals surface area contributed by atoms with Crippen LogP contribution in [-0.4, -0.2) is 41.5 Å². The summed E-state index contributed by atoms with van der Waals surface area (Å²) in [4.78, 5) is 17.3. The van der Waals surface area contributed by atoms with Crippen LogP contribution in [-0.2, 0) is 6.54 Å². The van der Waals surface area contributed by atoms with Crippen LogP contribution in [0.3, 0.4) is 0 Å². The van der Waals surface area contributed by atoms with Crippen LogP contribution in [0.5, 0.6) is 0 Å². The Morgan fingerprint density at radius 2 is 1.97 bits per heavy atom. The van der Waals surface area contributed by atoms with Gasteiger partial charge >= 0.3 is 6.03 Å². The zero-order valence-corrected chi connectivity index (χ0v) is 18.5. The Balaban J connectivity index is 1.64. The number of piperidine rings is 1. The van der Waals surface area contributed by atoms with Crippen LogP contribution in [0.1, 0.15) is 38.2 Å². The molecule has 1 aliphatic heterocycles. The number of carbonyl (C=O) groups is 1. The Hall–Kier alpha value is -1.92. The van der Waals surface area contributed by atoms with E-state index in [4.69, 9.17) is 0 Å². The Morgan fingerprint density at radius 3 is 2.69 bits per heavy atom. The molecule has 0 spiro atoms. The van der Waals surface area contributed by atoms with Gasteiger partial charge in [0.15, 0.2) is 0 Å². The third-order valence-corrected chi connectivity index (χ3v) is 6.19. The van der Waals surface area contributed by atoms with Gasteiger partial charge in [-0.3, -0.25) is 0 Å². The van der Waals surface area contributed by atoms with Crippen molar-refractivity contribution in [1.29, 1.82) is 0 Å². The molecule has 4 nitrogen and oxygen atoms in total. The van der Waals surface area contributed by atoms with Gasteiger partial charge in [0, 0.05) is 30.1 Å². The number of anilines is 1. The van der Waals surface area contributed by atoms with Crippen molar-refractivity contribution in [2.75, 3.05) is 25.0 Å². The van der Waals surface area contributed by atoms with Crippen LogP contribution in [0, 0.1) is 5.82 Å². The molecule has 1 saturated heterocycles. The van der Waals surface area contributed by atoms with E-state index in [-0.39, 0.29) is 11.8 Å². The lowest BCUT2D eigenvalue weighted by Crippen LogP contribution is -2.40. The maximum atomic E-state index is 13.3. The third kappa shape index (κ3) is 6.54. The molecule has 1 aliphatic rings. The lowest BCUT2D eigenvalue weighted by molar-refractivity contribution is 0.150. The molecule has 2 aromatic carbocycles. The third-order valence-electron chi connectivity index (χ3n) is 5.50. The van der Waals surface area contributed by atoms with Gasteiger partial charge in [-0.2, -0.15) is 0 Å². The van der Waals surface area contributed by atoms with Gasteiger partial charge in [0.1, 0.15) is 5.82 Å². The number of likely N-dealkylation sites (tertiary alicyclic amines) is 1. The molecule has 1 heterocycles. The van der Waals surface area contributed by atoms with Gasteiger partial charge in [0.05, 0.1) is 5.69 Å². The molecule has 1 atom stereocenters. The number of carbonyl (C=O) groups excluding carboxylic acids is 1. The molecule has 2 amide bonds. The van der Waals surface area contributed by atoms with Crippen molar-refractivity contribution in [3.63, 3.8) is 0 Å². The number of rotatable bonds is 7. The van der Waals surface area contributed by atoms with Crippen LogP contribution < -0.4 is 5.32 Å². The molecule has 6 heteroatoms. The fourth-order valence-electron chi connectivity index (χ4n) is 3.77. The van der Waals surface area contributed by atoms with Crippen LogP contribution in [0.2, 0.25) is 0 Å². The lowest BCUT2D eigenvalue weighted by Gasteiger charge is -2.34. The highest BCUT2D eigenvalue weighted by molar-refractivity contribution is 9.10. The fraction of sp³-hybridized carbons (Fsp3) is 0.435. The SMILES string of the molecule is CC1CCCCN1CCCN(Cc1ccc(F)cc1)C(=O)Nc1ccccc1Br. The standard InChI is InChI=1S/C23H29BrFN3O/c1-18-7-4-5-14-27(18)15-6-16-28(17-19-10-12-20(25)13-11-19)23(29)26-22-9-3-2-8-21(22)24/h2-3,8-13,18H,4-7,14-17H2,1H3,(H,26,29). The smallest absolute Gasteiger partial charge is 0.320 e. The molecule has 1 fully saturated rings. The lowest BCUT2D eigenvalue weighted by atomic mass is 10.0. The highest BCUT2D eigenvalue weighted by atomic mass is 79.9. The van der Waals surface area contributed by atoms with Crippen LogP contribution in [0.4, 0.5) is 14.9 Å². The summed E-state index contributed by atoms with van der Waals surface area (Å²) >= 11 is 3.48. The zero-order valence-electron chi connectivity index (χ0n) is 16.9. The maximum absolute atomic E-state index is 13.3. The Labute approximate surface area is 181 Å². The first-order chi connectivity index (χ1) is 14.0. The maximum Gasteiger partial charge on any atom is 0.322 e. The molecule has 0 radical (unpaired) electrons. The van der Waals surface area contributed by atoms with Gasteiger partial charge < -0.3 is 15.1 Å². The van der Waals surface area contributed by atoms with Crippen molar-refractivity contribution >= 4 is 27.6 Å². The average molecular weight is 462 g/mol. The minimum absolute atomic E-state index is 0.145. The molecule has 1 unspecified atom stereocenters. The summed E-state index contributed by atoms with van der Waals surface area (Å²) < 4.78 is 14.1. The second kappa shape index (κ2) is 10.7. The van der Waals surface area contributed by atoms with Crippen LogP contribution in [0.25, 0.3) is 0 Å². The zero-order chi connectivity index (χ0) is 20.6. The average Bonchev–Trinajstić information content (AvgIpc) is 2.72. The second-order valence-electron chi connectivity index (χ2n) is 7.69. The number of amides is 2. The molecule has 1 N–H and O–H groups in total. The Bertz CT molecular complexity index is 799. The predicted octanol–water partition coefficient (Wildman–Crippen LogP) is 5.89. The molecule has 0 aromatic heterocycles. The molecule has 3 rings (SSSR count). The molecule has 29 heavy (non-hydrogen) atoms. The van der Waals surface area contributed by atoms with Crippen molar-refractivity contribution in [2.24, 2.45) is 0 Å². The van der Waals surface area contributed by atoms with E-state index in [2.05, 4.69) is 33.1 Å². The van der Waals surface area contributed by atoms with E-state index in [1.165, 1.54) is 31.4 Å². The van der Waals surface area contributed by atoms with Gasteiger partial charge in [0.2, 0.25) is 0 Å². The molecule has 156 valence electrons. The Morgan fingerprint density at radius 1 is 1.21 bits per heavy atom. The van der Waals surface area contributed by atoms with E-state index in [1.54, 1.807) is 17.0 Å². The highest BCUT2D eigenvalue weighted by Crippen LogP contribution is 2.22. The summed E-state index contributed by atoms with van der Waals surface area (Å²) in [5, 5.41) is 2.99. The molecule has 0 saturated carbocycles. The monoisotopic (exact) mass is 461 g/mol. The first-order valence-corrected chi connectivity index (χ1v) is 11.1. The van der Waals surface area contributed by atoms with Crippen molar-refractivity contribution < 1.29 is 9.18 Å². The first kappa shape index (κ1) is 21.8.